The maximum Gasteiger partial charge on any atom is 0.256 e. The number of aliphatic imine (C=N–C) groups is 2. The van der Waals surface area contributed by atoms with Crippen molar-refractivity contribution in [2.75, 3.05) is 12.9 Å². The molecule has 0 saturated heterocycles. The fraction of sp³-hybridized carbons (Fsp3) is 0.346. The Morgan fingerprint density at radius 1 is 1.09 bits per heavy atom. The number of carbonyl (C=O) groups is 2. The maximum atomic E-state index is 13.3. The monoisotopic (exact) mass is 476 g/mol. The van der Waals surface area contributed by atoms with Gasteiger partial charge in [-0.3, -0.25) is 9.59 Å². The van der Waals surface area contributed by atoms with Gasteiger partial charge in [0.05, 0.1) is 30.5 Å². The largest absolute Gasteiger partial charge is 0.497 e. The highest BCUT2D eigenvalue weighted by Crippen LogP contribution is 2.34. The first kappa shape index (κ1) is 23.9. The molecule has 0 saturated carbocycles. The van der Waals surface area contributed by atoms with E-state index in [9.17, 15) is 9.59 Å². The van der Waals surface area contributed by atoms with Gasteiger partial charge in [0.2, 0.25) is 0 Å². The number of amides is 2. The molecule has 4 rings (SSSR count). The normalized spacial score (nSPS) is 20.1. The summed E-state index contributed by atoms with van der Waals surface area (Å²) in [6.45, 7) is 5.81. The number of amidine groups is 1. The third-order valence-corrected chi connectivity index (χ3v) is 6.90. The smallest absolute Gasteiger partial charge is 0.256 e. The minimum absolute atomic E-state index is 0.0986. The molecule has 2 atom stereocenters. The first-order valence-electron chi connectivity index (χ1n) is 11.3. The number of aryl methyl sites for hydroxylation is 1. The Morgan fingerprint density at radius 2 is 1.79 bits per heavy atom. The second kappa shape index (κ2) is 10.3. The fourth-order valence-electron chi connectivity index (χ4n) is 4.08. The average molecular weight is 477 g/mol. The standard InChI is InChI=1S/C26H28N4O3S/c1-5-21-17(3)27-26(28-25(21)32)34-15-24(31)30-23(19-8-6-16(2)7-9-19)14-22(29-30)18-10-12-20(33-4)13-11-18/h6-13,21,23H,5,14-15H2,1-4H3. The quantitative estimate of drug-likeness (QED) is 0.600. The van der Waals surface area contributed by atoms with E-state index in [4.69, 9.17) is 9.84 Å². The van der Waals surface area contributed by atoms with E-state index in [0.29, 0.717) is 18.0 Å². The molecule has 2 amide bonds. The number of methoxy groups -OCH3 is 1. The van der Waals surface area contributed by atoms with E-state index in [-0.39, 0.29) is 29.5 Å². The number of thioether (sulfide) groups is 1. The molecule has 0 bridgehead atoms. The van der Waals surface area contributed by atoms with Crippen molar-refractivity contribution in [3.63, 3.8) is 0 Å². The predicted octanol–water partition coefficient (Wildman–Crippen LogP) is 4.80. The summed E-state index contributed by atoms with van der Waals surface area (Å²) in [7, 11) is 1.63. The lowest BCUT2D eigenvalue weighted by Crippen LogP contribution is -2.30. The summed E-state index contributed by atoms with van der Waals surface area (Å²) in [4.78, 5) is 34.1. The van der Waals surface area contributed by atoms with Gasteiger partial charge in [-0.2, -0.15) is 10.1 Å². The van der Waals surface area contributed by atoms with Gasteiger partial charge in [-0.25, -0.2) is 10.0 Å². The molecule has 0 fully saturated rings. The van der Waals surface area contributed by atoms with Gasteiger partial charge in [0, 0.05) is 12.1 Å². The Labute approximate surface area is 204 Å². The van der Waals surface area contributed by atoms with Crippen LogP contribution in [0.15, 0.2) is 63.6 Å². The molecule has 0 aliphatic carbocycles. The van der Waals surface area contributed by atoms with Gasteiger partial charge < -0.3 is 4.74 Å². The summed E-state index contributed by atoms with van der Waals surface area (Å²) >= 11 is 1.18. The number of hydrogen-bond donors (Lipinski definition) is 0. The molecule has 2 unspecified atom stereocenters. The van der Waals surface area contributed by atoms with Gasteiger partial charge in [0.15, 0.2) is 5.17 Å². The van der Waals surface area contributed by atoms with Gasteiger partial charge in [-0.05, 0) is 55.7 Å². The van der Waals surface area contributed by atoms with Crippen molar-refractivity contribution in [3.8, 4) is 5.75 Å². The molecule has 176 valence electrons. The van der Waals surface area contributed by atoms with Crippen molar-refractivity contribution in [2.24, 2.45) is 21.0 Å². The molecule has 34 heavy (non-hydrogen) atoms. The summed E-state index contributed by atoms with van der Waals surface area (Å²) in [5.41, 5.74) is 4.73. The third-order valence-electron chi connectivity index (χ3n) is 6.06. The van der Waals surface area contributed by atoms with E-state index in [1.54, 1.807) is 12.1 Å². The summed E-state index contributed by atoms with van der Waals surface area (Å²) in [5.74, 6) is 0.261. The van der Waals surface area contributed by atoms with Crippen molar-refractivity contribution in [1.29, 1.82) is 0 Å². The predicted molar refractivity (Wildman–Crippen MR) is 137 cm³/mol. The minimum atomic E-state index is -0.263. The number of nitrogens with zero attached hydrogens (tertiary/aromatic N) is 4. The number of hydrogen-bond acceptors (Lipinski definition) is 6. The lowest BCUT2D eigenvalue weighted by atomic mass is 9.97. The minimum Gasteiger partial charge on any atom is -0.497 e. The molecule has 2 aromatic carbocycles. The van der Waals surface area contributed by atoms with E-state index >= 15 is 0 Å². The van der Waals surface area contributed by atoms with Crippen molar-refractivity contribution < 1.29 is 14.3 Å². The summed E-state index contributed by atoms with van der Waals surface area (Å²) < 4.78 is 5.26. The van der Waals surface area contributed by atoms with Gasteiger partial charge in [0.1, 0.15) is 5.75 Å². The number of carbonyl (C=O) groups excluding carboxylic acids is 2. The molecule has 0 aromatic heterocycles. The van der Waals surface area contributed by atoms with Crippen LogP contribution in [0.1, 0.15) is 49.4 Å². The highest BCUT2D eigenvalue weighted by atomic mass is 32.2. The molecule has 2 heterocycles. The first-order valence-corrected chi connectivity index (χ1v) is 12.3. The summed E-state index contributed by atoms with van der Waals surface area (Å²) in [5, 5.41) is 6.62. The van der Waals surface area contributed by atoms with E-state index in [1.807, 2.05) is 69.3 Å². The van der Waals surface area contributed by atoms with Crippen LogP contribution < -0.4 is 4.74 Å². The van der Waals surface area contributed by atoms with E-state index in [0.717, 1.165) is 33.9 Å². The molecule has 0 spiro atoms. The third kappa shape index (κ3) is 5.12. The van der Waals surface area contributed by atoms with Crippen LogP contribution in [0.3, 0.4) is 0 Å². The second-order valence-electron chi connectivity index (χ2n) is 8.38. The molecule has 2 aromatic rings. The summed E-state index contributed by atoms with van der Waals surface area (Å²) in [6.07, 6.45) is 1.28. The Hall–Kier alpha value is -3.26. The van der Waals surface area contributed by atoms with Crippen LogP contribution in [0.5, 0.6) is 5.75 Å². The SMILES string of the molecule is CCC1C(=O)N=C(SCC(=O)N2N=C(c3ccc(OC)cc3)CC2c2ccc(C)cc2)N=C1C. The molecule has 8 heteroatoms. The van der Waals surface area contributed by atoms with Crippen LogP contribution in [0, 0.1) is 12.8 Å². The second-order valence-corrected chi connectivity index (χ2v) is 9.32. The van der Waals surface area contributed by atoms with E-state index in [2.05, 4.69) is 9.98 Å². The molecular formula is C26H28N4O3S. The first-order chi connectivity index (χ1) is 16.4. The lowest BCUT2D eigenvalue weighted by molar-refractivity contribution is -0.130. The number of ether oxygens (including phenoxy) is 1. The molecule has 2 aliphatic heterocycles. The maximum absolute atomic E-state index is 13.3. The van der Waals surface area contributed by atoms with Gasteiger partial charge in [-0.1, -0.05) is 48.5 Å². The lowest BCUT2D eigenvalue weighted by Gasteiger charge is -2.22. The van der Waals surface area contributed by atoms with Crippen LogP contribution in [-0.4, -0.2) is 46.3 Å². The van der Waals surface area contributed by atoms with Crippen molar-refractivity contribution in [1.82, 2.24) is 5.01 Å². The van der Waals surface area contributed by atoms with Crippen molar-refractivity contribution in [3.05, 3.63) is 65.2 Å². The molecule has 0 N–H and O–H groups in total. The molecule has 0 radical (unpaired) electrons. The van der Waals surface area contributed by atoms with Crippen LogP contribution in [0.2, 0.25) is 0 Å². The number of rotatable bonds is 6. The number of benzene rings is 2. The van der Waals surface area contributed by atoms with Crippen molar-refractivity contribution >= 4 is 40.2 Å². The summed E-state index contributed by atoms with van der Waals surface area (Å²) in [6, 6.07) is 15.7. The van der Waals surface area contributed by atoms with Crippen LogP contribution >= 0.6 is 11.8 Å². The Bertz CT molecular complexity index is 1170. The Balaban J connectivity index is 1.55. The van der Waals surface area contributed by atoms with Gasteiger partial charge in [-0.15, -0.1) is 0 Å². The van der Waals surface area contributed by atoms with Gasteiger partial charge in [0.25, 0.3) is 11.8 Å². The zero-order valence-electron chi connectivity index (χ0n) is 19.8. The highest BCUT2D eigenvalue weighted by molar-refractivity contribution is 8.14. The zero-order chi connectivity index (χ0) is 24.2. The fourth-order valence-corrected chi connectivity index (χ4v) is 4.83. The molecule has 2 aliphatic rings. The number of hydrazone groups is 1. The Kier molecular flexibility index (Phi) is 7.26. The van der Waals surface area contributed by atoms with Crippen LogP contribution in [0.25, 0.3) is 0 Å². The van der Waals surface area contributed by atoms with Gasteiger partial charge >= 0.3 is 0 Å². The van der Waals surface area contributed by atoms with E-state index < -0.39 is 0 Å². The highest BCUT2D eigenvalue weighted by Gasteiger charge is 2.33. The van der Waals surface area contributed by atoms with Crippen LogP contribution in [0.4, 0.5) is 0 Å². The van der Waals surface area contributed by atoms with Crippen molar-refractivity contribution in [2.45, 2.75) is 39.7 Å². The molecule has 7 nitrogen and oxygen atoms in total. The topological polar surface area (TPSA) is 83.7 Å². The zero-order valence-corrected chi connectivity index (χ0v) is 20.6. The van der Waals surface area contributed by atoms with Crippen LogP contribution in [-0.2, 0) is 9.59 Å². The van der Waals surface area contributed by atoms with E-state index in [1.165, 1.54) is 11.8 Å². The average Bonchev–Trinajstić information content (AvgIpc) is 3.28. The molecular weight excluding hydrogens is 448 g/mol. The Morgan fingerprint density at radius 3 is 2.41 bits per heavy atom.